The number of aromatic nitrogens is 2. The summed E-state index contributed by atoms with van der Waals surface area (Å²) in [5.41, 5.74) is 3.63. The molecule has 0 spiro atoms. The first-order valence-electron chi connectivity index (χ1n) is 6.64. The zero-order valence-corrected chi connectivity index (χ0v) is 11.4. The number of ether oxygens (including phenoxy) is 1. The molecule has 2 aromatic rings. The van der Waals surface area contributed by atoms with Crippen molar-refractivity contribution in [2.24, 2.45) is 0 Å². The fourth-order valence-corrected chi connectivity index (χ4v) is 2.57. The Balaban J connectivity index is 1.96. The second-order valence-electron chi connectivity index (χ2n) is 5.17. The average Bonchev–Trinajstić information content (AvgIpc) is 2.84. The molecule has 1 atom stereocenters. The fraction of sp³-hybridized carbons (Fsp3) is 0.400. The van der Waals surface area contributed by atoms with Gasteiger partial charge in [-0.15, -0.1) is 0 Å². The van der Waals surface area contributed by atoms with Gasteiger partial charge in [-0.2, -0.15) is 5.10 Å². The number of nitrogens with zero attached hydrogens (tertiary/aromatic N) is 3. The minimum absolute atomic E-state index is 0.135. The molecule has 0 radical (unpaired) electrons. The molecular formula is C15H19N3O. The summed E-state index contributed by atoms with van der Waals surface area (Å²) in [5, 5.41) is 4.54. The van der Waals surface area contributed by atoms with E-state index in [1.54, 1.807) is 0 Å². The first kappa shape index (κ1) is 12.4. The van der Waals surface area contributed by atoms with E-state index in [2.05, 4.69) is 36.2 Å². The van der Waals surface area contributed by atoms with Gasteiger partial charge in [0.2, 0.25) is 0 Å². The standard InChI is InChI=1S/C15H19N3O/c1-17(2)11-15-13-10-16-18(14(13)8-9-19-15)12-6-4-3-5-7-12/h3-7,10,15H,8-9,11H2,1-2H3. The lowest BCUT2D eigenvalue weighted by molar-refractivity contribution is 0.0247. The second-order valence-corrected chi connectivity index (χ2v) is 5.17. The Morgan fingerprint density at radius 2 is 2.11 bits per heavy atom. The van der Waals surface area contributed by atoms with Crippen molar-refractivity contribution in [3.63, 3.8) is 0 Å². The molecule has 1 aromatic heterocycles. The third-order valence-corrected chi connectivity index (χ3v) is 3.44. The van der Waals surface area contributed by atoms with Crippen LogP contribution in [0.2, 0.25) is 0 Å². The molecule has 1 unspecified atom stereocenters. The van der Waals surface area contributed by atoms with E-state index >= 15 is 0 Å². The molecule has 0 bridgehead atoms. The molecule has 0 saturated carbocycles. The summed E-state index contributed by atoms with van der Waals surface area (Å²) in [5.74, 6) is 0. The Labute approximate surface area is 113 Å². The molecule has 1 aliphatic rings. The molecule has 0 fully saturated rings. The largest absolute Gasteiger partial charge is 0.372 e. The maximum absolute atomic E-state index is 5.87. The lowest BCUT2D eigenvalue weighted by Gasteiger charge is -2.26. The third kappa shape index (κ3) is 2.41. The lowest BCUT2D eigenvalue weighted by atomic mass is 10.1. The van der Waals surface area contributed by atoms with Crippen LogP contribution in [0.25, 0.3) is 5.69 Å². The number of fused-ring (bicyclic) bond motifs is 1. The molecule has 0 aliphatic carbocycles. The van der Waals surface area contributed by atoms with Crippen LogP contribution in [0, 0.1) is 0 Å². The van der Waals surface area contributed by atoms with Crippen molar-refractivity contribution < 1.29 is 4.74 Å². The predicted molar refractivity (Wildman–Crippen MR) is 74.5 cm³/mol. The number of hydrogen-bond acceptors (Lipinski definition) is 3. The lowest BCUT2D eigenvalue weighted by Crippen LogP contribution is -2.27. The SMILES string of the molecule is CN(C)CC1OCCc2c1cnn2-c1ccccc1. The third-order valence-electron chi connectivity index (χ3n) is 3.44. The number of para-hydroxylation sites is 1. The Kier molecular flexibility index (Phi) is 3.36. The molecular weight excluding hydrogens is 238 g/mol. The summed E-state index contributed by atoms with van der Waals surface area (Å²) in [6, 6.07) is 10.3. The molecule has 4 nitrogen and oxygen atoms in total. The number of hydrogen-bond donors (Lipinski definition) is 0. The average molecular weight is 257 g/mol. The van der Waals surface area contributed by atoms with Crippen LogP contribution in [-0.4, -0.2) is 41.9 Å². The van der Waals surface area contributed by atoms with Crippen LogP contribution in [0.3, 0.4) is 0 Å². The molecule has 1 aromatic carbocycles. The van der Waals surface area contributed by atoms with E-state index in [-0.39, 0.29) is 6.10 Å². The zero-order chi connectivity index (χ0) is 13.2. The van der Waals surface area contributed by atoms with Gasteiger partial charge in [-0.05, 0) is 26.2 Å². The van der Waals surface area contributed by atoms with Crippen molar-refractivity contribution >= 4 is 0 Å². The van der Waals surface area contributed by atoms with Crippen molar-refractivity contribution in [3.05, 3.63) is 47.8 Å². The maximum Gasteiger partial charge on any atom is 0.0984 e. The molecule has 100 valence electrons. The first-order chi connectivity index (χ1) is 9.25. The minimum atomic E-state index is 0.135. The van der Waals surface area contributed by atoms with Gasteiger partial charge in [0, 0.05) is 18.5 Å². The van der Waals surface area contributed by atoms with Gasteiger partial charge >= 0.3 is 0 Å². The molecule has 0 N–H and O–H groups in total. The maximum atomic E-state index is 5.87. The quantitative estimate of drug-likeness (QED) is 0.843. The first-order valence-corrected chi connectivity index (χ1v) is 6.64. The highest BCUT2D eigenvalue weighted by Crippen LogP contribution is 2.28. The van der Waals surface area contributed by atoms with Crippen LogP contribution in [0.4, 0.5) is 0 Å². The van der Waals surface area contributed by atoms with Crippen molar-refractivity contribution in [2.45, 2.75) is 12.5 Å². The zero-order valence-electron chi connectivity index (χ0n) is 11.4. The highest BCUT2D eigenvalue weighted by atomic mass is 16.5. The van der Waals surface area contributed by atoms with Crippen LogP contribution in [-0.2, 0) is 11.2 Å². The van der Waals surface area contributed by atoms with Gasteiger partial charge in [-0.1, -0.05) is 18.2 Å². The normalized spacial score (nSPS) is 18.6. The van der Waals surface area contributed by atoms with Crippen LogP contribution in [0.15, 0.2) is 36.5 Å². The number of likely N-dealkylation sites (N-methyl/N-ethyl adjacent to an activating group) is 1. The number of benzene rings is 1. The van der Waals surface area contributed by atoms with Crippen LogP contribution < -0.4 is 0 Å². The summed E-state index contributed by atoms with van der Waals surface area (Å²) in [7, 11) is 4.14. The Bertz CT molecular complexity index is 548. The smallest absolute Gasteiger partial charge is 0.0984 e. The van der Waals surface area contributed by atoms with Crippen LogP contribution in [0.1, 0.15) is 17.4 Å². The molecule has 1 aliphatic heterocycles. The second kappa shape index (κ2) is 5.15. The van der Waals surface area contributed by atoms with Crippen molar-refractivity contribution in [2.75, 3.05) is 27.2 Å². The summed E-state index contributed by atoms with van der Waals surface area (Å²) in [6.45, 7) is 1.66. The van der Waals surface area contributed by atoms with Crippen LogP contribution >= 0.6 is 0 Å². The minimum Gasteiger partial charge on any atom is -0.372 e. The van der Waals surface area contributed by atoms with Crippen molar-refractivity contribution in [3.8, 4) is 5.69 Å². The monoisotopic (exact) mass is 257 g/mol. The Morgan fingerprint density at radius 3 is 2.84 bits per heavy atom. The van der Waals surface area contributed by atoms with E-state index in [1.165, 1.54) is 11.3 Å². The van der Waals surface area contributed by atoms with E-state index in [1.807, 2.05) is 29.1 Å². The highest BCUT2D eigenvalue weighted by molar-refractivity contribution is 5.36. The van der Waals surface area contributed by atoms with E-state index < -0.39 is 0 Å². The summed E-state index contributed by atoms with van der Waals surface area (Å²) in [4.78, 5) is 2.15. The van der Waals surface area contributed by atoms with Crippen molar-refractivity contribution in [1.82, 2.24) is 14.7 Å². The predicted octanol–water partition coefficient (Wildman–Crippen LogP) is 2.05. The van der Waals surface area contributed by atoms with Gasteiger partial charge in [0.25, 0.3) is 0 Å². The molecule has 4 heteroatoms. The summed E-state index contributed by atoms with van der Waals surface area (Å²) in [6.07, 6.45) is 3.01. The van der Waals surface area contributed by atoms with E-state index in [9.17, 15) is 0 Å². The topological polar surface area (TPSA) is 30.3 Å². The molecule has 2 heterocycles. The van der Waals surface area contributed by atoms with E-state index in [0.29, 0.717) is 0 Å². The van der Waals surface area contributed by atoms with E-state index in [4.69, 9.17) is 4.74 Å². The van der Waals surface area contributed by atoms with Gasteiger partial charge in [0.1, 0.15) is 0 Å². The summed E-state index contributed by atoms with van der Waals surface area (Å²) < 4.78 is 7.91. The Hall–Kier alpha value is -1.65. The highest BCUT2D eigenvalue weighted by Gasteiger charge is 2.25. The molecule has 0 saturated heterocycles. The molecule has 3 rings (SSSR count). The van der Waals surface area contributed by atoms with Gasteiger partial charge in [-0.3, -0.25) is 0 Å². The van der Waals surface area contributed by atoms with Gasteiger partial charge < -0.3 is 9.64 Å². The van der Waals surface area contributed by atoms with E-state index in [0.717, 1.165) is 25.3 Å². The van der Waals surface area contributed by atoms with Gasteiger partial charge in [0.15, 0.2) is 0 Å². The van der Waals surface area contributed by atoms with Gasteiger partial charge in [0.05, 0.1) is 30.3 Å². The fourth-order valence-electron chi connectivity index (χ4n) is 2.57. The van der Waals surface area contributed by atoms with Crippen LogP contribution in [0.5, 0.6) is 0 Å². The molecule has 0 amide bonds. The van der Waals surface area contributed by atoms with Crippen molar-refractivity contribution in [1.29, 1.82) is 0 Å². The van der Waals surface area contributed by atoms with Gasteiger partial charge in [-0.25, -0.2) is 4.68 Å². The Morgan fingerprint density at radius 1 is 1.32 bits per heavy atom. The number of rotatable bonds is 3. The summed E-state index contributed by atoms with van der Waals surface area (Å²) >= 11 is 0. The molecule has 19 heavy (non-hydrogen) atoms.